The Morgan fingerprint density at radius 3 is 2.64 bits per heavy atom. The van der Waals surface area contributed by atoms with Crippen molar-refractivity contribution in [2.45, 2.75) is 47.0 Å². The van der Waals surface area contributed by atoms with Crippen LogP contribution < -0.4 is 0 Å². The first-order valence-corrected chi connectivity index (χ1v) is 8.14. The molecule has 3 atom stereocenters. The van der Waals surface area contributed by atoms with Crippen LogP contribution in [0.1, 0.15) is 47.0 Å². The first-order chi connectivity index (χ1) is 10.3. The molecule has 0 aliphatic heterocycles. The molecule has 122 valence electrons. The highest BCUT2D eigenvalue weighted by Gasteiger charge is 2.38. The second-order valence-electron chi connectivity index (χ2n) is 6.60. The fourth-order valence-corrected chi connectivity index (χ4v) is 3.36. The molecule has 1 fully saturated rings. The lowest BCUT2D eigenvalue weighted by Crippen LogP contribution is -2.33. The van der Waals surface area contributed by atoms with E-state index in [0.29, 0.717) is 18.4 Å². The fourth-order valence-electron chi connectivity index (χ4n) is 3.36. The molecule has 0 aromatic heterocycles. The molecular formula is C20H30O2. The van der Waals surface area contributed by atoms with Crippen LogP contribution in [0.4, 0.5) is 0 Å². The molecule has 2 heteroatoms. The van der Waals surface area contributed by atoms with Crippen molar-refractivity contribution in [1.29, 1.82) is 0 Å². The number of hydrogen-bond donors (Lipinski definition) is 0. The van der Waals surface area contributed by atoms with Gasteiger partial charge in [0.05, 0.1) is 6.61 Å². The van der Waals surface area contributed by atoms with Crippen molar-refractivity contribution >= 4 is 5.97 Å². The van der Waals surface area contributed by atoms with Gasteiger partial charge < -0.3 is 4.74 Å². The van der Waals surface area contributed by atoms with Crippen molar-refractivity contribution in [3.8, 4) is 0 Å². The number of esters is 1. The molecule has 0 amide bonds. The van der Waals surface area contributed by atoms with Crippen LogP contribution in [0.3, 0.4) is 0 Å². The van der Waals surface area contributed by atoms with E-state index in [-0.39, 0.29) is 11.4 Å². The van der Waals surface area contributed by atoms with Gasteiger partial charge in [0.15, 0.2) is 0 Å². The SMILES string of the molecule is C=C[C@@]1(C)CC[C@H](/C(C)=C/C=C/C(=O)OCC)C[C@@H]1C(=C)C. The Kier molecular flexibility index (Phi) is 6.86. The summed E-state index contributed by atoms with van der Waals surface area (Å²) < 4.78 is 4.88. The highest BCUT2D eigenvalue weighted by molar-refractivity contribution is 5.82. The number of allylic oxidation sites excluding steroid dienone is 5. The van der Waals surface area contributed by atoms with Gasteiger partial charge in [-0.05, 0) is 57.3 Å². The van der Waals surface area contributed by atoms with E-state index in [0.717, 1.165) is 19.3 Å². The van der Waals surface area contributed by atoms with Crippen LogP contribution in [-0.4, -0.2) is 12.6 Å². The number of hydrogen-bond acceptors (Lipinski definition) is 2. The van der Waals surface area contributed by atoms with Crippen molar-refractivity contribution in [1.82, 2.24) is 0 Å². The Balaban J connectivity index is 2.76. The molecule has 0 N–H and O–H groups in total. The zero-order valence-electron chi connectivity index (χ0n) is 14.5. The van der Waals surface area contributed by atoms with Gasteiger partial charge in [-0.3, -0.25) is 0 Å². The van der Waals surface area contributed by atoms with Crippen molar-refractivity contribution in [2.24, 2.45) is 17.3 Å². The molecule has 1 aliphatic rings. The Morgan fingerprint density at radius 2 is 2.09 bits per heavy atom. The van der Waals surface area contributed by atoms with E-state index in [1.807, 2.05) is 13.0 Å². The van der Waals surface area contributed by atoms with Gasteiger partial charge in [0.2, 0.25) is 0 Å². The van der Waals surface area contributed by atoms with E-state index in [1.54, 1.807) is 6.08 Å². The van der Waals surface area contributed by atoms with Crippen LogP contribution in [0.25, 0.3) is 0 Å². The molecule has 22 heavy (non-hydrogen) atoms. The predicted molar refractivity (Wildman–Crippen MR) is 93.5 cm³/mol. The summed E-state index contributed by atoms with van der Waals surface area (Å²) in [7, 11) is 0. The largest absolute Gasteiger partial charge is 0.463 e. The van der Waals surface area contributed by atoms with E-state index in [4.69, 9.17) is 4.74 Å². The monoisotopic (exact) mass is 302 g/mol. The zero-order valence-corrected chi connectivity index (χ0v) is 14.5. The minimum atomic E-state index is -0.283. The van der Waals surface area contributed by atoms with E-state index in [1.165, 1.54) is 17.2 Å². The molecule has 0 bridgehead atoms. The van der Waals surface area contributed by atoms with Crippen molar-refractivity contribution in [3.05, 3.63) is 48.6 Å². The summed E-state index contributed by atoms with van der Waals surface area (Å²) in [4.78, 5) is 11.3. The molecule has 0 radical (unpaired) electrons. The third kappa shape index (κ3) is 4.72. The first kappa shape index (κ1) is 18.5. The molecule has 0 aromatic rings. The molecule has 0 aromatic carbocycles. The maximum Gasteiger partial charge on any atom is 0.330 e. The normalized spacial score (nSPS) is 29.4. The molecule has 0 heterocycles. The highest BCUT2D eigenvalue weighted by Crippen LogP contribution is 2.48. The fraction of sp³-hybridized carbons (Fsp3) is 0.550. The minimum absolute atomic E-state index is 0.156. The number of ether oxygens (including phenoxy) is 1. The standard InChI is InChI=1S/C20H30O2/c1-7-20(6)13-12-17(14-18(20)15(3)4)16(5)10-9-11-19(21)22-8-2/h7,9-11,17-18H,1,3,8,12-14H2,2,4-6H3/b11-9+,16-10+/t17-,18+,20-/m0/s1. The first-order valence-electron chi connectivity index (χ1n) is 8.14. The Hall–Kier alpha value is -1.57. The Morgan fingerprint density at radius 1 is 1.41 bits per heavy atom. The molecule has 0 spiro atoms. The highest BCUT2D eigenvalue weighted by atomic mass is 16.5. The van der Waals surface area contributed by atoms with Crippen LogP contribution in [0.5, 0.6) is 0 Å². The van der Waals surface area contributed by atoms with Crippen molar-refractivity contribution < 1.29 is 9.53 Å². The van der Waals surface area contributed by atoms with Crippen LogP contribution in [0, 0.1) is 17.3 Å². The van der Waals surface area contributed by atoms with Gasteiger partial charge in [0.25, 0.3) is 0 Å². The average molecular weight is 302 g/mol. The van der Waals surface area contributed by atoms with Crippen LogP contribution in [0.2, 0.25) is 0 Å². The third-order valence-electron chi connectivity index (χ3n) is 4.93. The lowest BCUT2D eigenvalue weighted by Gasteiger charge is -2.43. The van der Waals surface area contributed by atoms with Gasteiger partial charge in [-0.2, -0.15) is 0 Å². The smallest absolute Gasteiger partial charge is 0.330 e. The summed E-state index contributed by atoms with van der Waals surface area (Å²) >= 11 is 0. The minimum Gasteiger partial charge on any atom is -0.463 e. The van der Waals surface area contributed by atoms with Gasteiger partial charge in [-0.25, -0.2) is 4.79 Å². The lowest BCUT2D eigenvalue weighted by atomic mass is 9.61. The maximum absolute atomic E-state index is 11.3. The molecule has 1 aliphatic carbocycles. The lowest BCUT2D eigenvalue weighted by molar-refractivity contribution is -0.137. The van der Waals surface area contributed by atoms with Gasteiger partial charge in [0, 0.05) is 6.08 Å². The average Bonchev–Trinajstić information content (AvgIpc) is 2.47. The van der Waals surface area contributed by atoms with Crippen molar-refractivity contribution in [2.75, 3.05) is 6.61 Å². The summed E-state index contributed by atoms with van der Waals surface area (Å²) in [6.45, 7) is 17.0. The summed E-state index contributed by atoms with van der Waals surface area (Å²) in [5, 5.41) is 0. The summed E-state index contributed by atoms with van der Waals surface area (Å²) in [6.07, 6.45) is 10.8. The second-order valence-corrected chi connectivity index (χ2v) is 6.60. The summed E-state index contributed by atoms with van der Waals surface area (Å²) in [5.74, 6) is 0.733. The maximum atomic E-state index is 11.3. The van der Waals surface area contributed by atoms with Gasteiger partial charge in [-0.1, -0.05) is 42.9 Å². The quantitative estimate of drug-likeness (QED) is 0.290. The Labute approximate surface area is 135 Å². The summed E-state index contributed by atoms with van der Waals surface area (Å²) in [5.41, 5.74) is 2.71. The molecule has 1 rings (SSSR count). The summed E-state index contributed by atoms with van der Waals surface area (Å²) in [6, 6.07) is 0. The van der Waals surface area contributed by atoms with E-state index in [9.17, 15) is 4.79 Å². The number of rotatable bonds is 6. The van der Waals surface area contributed by atoms with Crippen molar-refractivity contribution in [3.63, 3.8) is 0 Å². The molecule has 2 nitrogen and oxygen atoms in total. The van der Waals surface area contributed by atoms with Gasteiger partial charge in [0.1, 0.15) is 0 Å². The molecular weight excluding hydrogens is 272 g/mol. The van der Waals surface area contributed by atoms with Crippen LogP contribution >= 0.6 is 0 Å². The molecule has 0 unspecified atom stereocenters. The van der Waals surface area contributed by atoms with Crippen LogP contribution in [-0.2, 0) is 9.53 Å². The zero-order chi connectivity index (χ0) is 16.8. The predicted octanol–water partition coefficient (Wildman–Crippen LogP) is 5.24. The molecule has 1 saturated carbocycles. The van der Waals surface area contributed by atoms with E-state index < -0.39 is 0 Å². The molecule has 0 saturated heterocycles. The van der Waals surface area contributed by atoms with E-state index in [2.05, 4.69) is 40.0 Å². The number of carbonyl (C=O) groups excluding carboxylic acids is 1. The van der Waals surface area contributed by atoms with Gasteiger partial charge in [-0.15, -0.1) is 6.58 Å². The van der Waals surface area contributed by atoms with Crippen LogP contribution in [0.15, 0.2) is 48.6 Å². The van der Waals surface area contributed by atoms with Gasteiger partial charge >= 0.3 is 5.97 Å². The third-order valence-corrected chi connectivity index (χ3v) is 4.93. The Bertz CT molecular complexity index is 484. The van der Waals surface area contributed by atoms with E-state index >= 15 is 0 Å². The topological polar surface area (TPSA) is 26.3 Å². The second kappa shape index (κ2) is 8.17. The number of carbonyl (C=O) groups is 1.